The Balaban J connectivity index is 2.20. The first-order chi connectivity index (χ1) is 9.38. The van der Waals surface area contributed by atoms with E-state index >= 15 is 0 Å². The van der Waals surface area contributed by atoms with Crippen molar-refractivity contribution in [2.75, 3.05) is 19.8 Å². The number of halogens is 3. The molecule has 8 heteroatoms. The standard InChI is InChI=1S/C12H13F3N2O3/c13-12(14,15)9-2-1-8(10(16)18)11(17-9)20-6-7-3-4-19-5-7/h1-2,7H,3-6H2,(H2,16,18). The van der Waals surface area contributed by atoms with Gasteiger partial charge in [-0.05, 0) is 18.6 Å². The van der Waals surface area contributed by atoms with Crippen LogP contribution in [0.15, 0.2) is 12.1 Å². The normalized spacial score (nSPS) is 19.1. The van der Waals surface area contributed by atoms with Gasteiger partial charge in [0.05, 0.1) is 13.2 Å². The maximum Gasteiger partial charge on any atom is 0.433 e. The minimum absolute atomic E-state index is 0.0760. The van der Waals surface area contributed by atoms with Crippen LogP contribution in [0.3, 0.4) is 0 Å². The average Bonchev–Trinajstić information content (AvgIpc) is 2.87. The molecule has 2 heterocycles. The van der Waals surface area contributed by atoms with Crippen molar-refractivity contribution in [3.63, 3.8) is 0 Å². The summed E-state index contributed by atoms with van der Waals surface area (Å²) in [5, 5.41) is 0. The molecule has 1 aliphatic heterocycles. The summed E-state index contributed by atoms with van der Waals surface area (Å²) in [6, 6.07) is 1.67. The zero-order chi connectivity index (χ0) is 14.8. The highest BCUT2D eigenvalue weighted by atomic mass is 19.4. The minimum Gasteiger partial charge on any atom is -0.477 e. The zero-order valence-electron chi connectivity index (χ0n) is 10.4. The fourth-order valence-electron chi connectivity index (χ4n) is 1.81. The summed E-state index contributed by atoms with van der Waals surface area (Å²) in [5.74, 6) is -1.20. The van der Waals surface area contributed by atoms with Crippen LogP contribution >= 0.6 is 0 Å². The summed E-state index contributed by atoms with van der Waals surface area (Å²) < 4.78 is 48.1. The van der Waals surface area contributed by atoms with Gasteiger partial charge in [0, 0.05) is 12.5 Å². The van der Waals surface area contributed by atoms with E-state index in [1.54, 1.807) is 0 Å². The van der Waals surface area contributed by atoms with E-state index in [0.717, 1.165) is 12.5 Å². The van der Waals surface area contributed by atoms with Gasteiger partial charge in [0.15, 0.2) is 0 Å². The molecule has 1 amide bonds. The van der Waals surface area contributed by atoms with Crippen molar-refractivity contribution in [2.45, 2.75) is 12.6 Å². The van der Waals surface area contributed by atoms with E-state index in [9.17, 15) is 18.0 Å². The molecule has 1 aromatic heterocycles. The Hall–Kier alpha value is -1.83. The van der Waals surface area contributed by atoms with Crippen molar-refractivity contribution in [3.8, 4) is 5.88 Å². The molecule has 0 spiro atoms. The fraction of sp³-hybridized carbons (Fsp3) is 0.500. The largest absolute Gasteiger partial charge is 0.477 e. The molecular formula is C12H13F3N2O3. The van der Waals surface area contributed by atoms with Crippen molar-refractivity contribution in [3.05, 3.63) is 23.4 Å². The summed E-state index contributed by atoms with van der Waals surface area (Å²) in [7, 11) is 0. The lowest BCUT2D eigenvalue weighted by atomic mass is 10.1. The lowest BCUT2D eigenvalue weighted by molar-refractivity contribution is -0.141. The van der Waals surface area contributed by atoms with Crippen LogP contribution in [0.1, 0.15) is 22.5 Å². The average molecular weight is 290 g/mol. The van der Waals surface area contributed by atoms with Crippen LogP contribution in [0.2, 0.25) is 0 Å². The number of rotatable bonds is 4. The topological polar surface area (TPSA) is 74.4 Å². The van der Waals surface area contributed by atoms with E-state index < -0.39 is 17.8 Å². The lowest BCUT2D eigenvalue weighted by Gasteiger charge is -2.13. The molecule has 1 aromatic rings. The highest BCUT2D eigenvalue weighted by Crippen LogP contribution is 2.30. The molecule has 0 aromatic carbocycles. The number of primary amides is 1. The predicted octanol–water partition coefficient (Wildman–Crippen LogP) is 1.61. The molecule has 2 N–H and O–H groups in total. The van der Waals surface area contributed by atoms with Gasteiger partial charge in [-0.2, -0.15) is 13.2 Å². The van der Waals surface area contributed by atoms with E-state index in [2.05, 4.69) is 4.98 Å². The molecule has 5 nitrogen and oxygen atoms in total. The molecule has 1 saturated heterocycles. The van der Waals surface area contributed by atoms with Gasteiger partial charge < -0.3 is 15.2 Å². The Morgan fingerprint density at radius 2 is 2.25 bits per heavy atom. The van der Waals surface area contributed by atoms with Crippen LogP contribution in [-0.4, -0.2) is 30.7 Å². The fourth-order valence-corrected chi connectivity index (χ4v) is 1.81. The molecule has 110 valence electrons. The molecule has 2 rings (SSSR count). The maximum atomic E-state index is 12.6. The second kappa shape index (κ2) is 5.66. The van der Waals surface area contributed by atoms with Crippen LogP contribution in [0.4, 0.5) is 13.2 Å². The van der Waals surface area contributed by atoms with Crippen molar-refractivity contribution < 1.29 is 27.4 Å². The zero-order valence-corrected chi connectivity index (χ0v) is 10.4. The Morgan fingerprint density at radius 1 is 1.50 bits per heavy atom. The molecule has 0 bridgehead atoms. The Morgan fingerprint density at radius 3 is 2.80 bits per heavy atom. The minimum atomic E-state index is -4.61. The van der Waals surface area contributed by atoms with Gasteiger partial charge in [0.1, 0.15) is 11.3 Å². The smallest absolute Gasteiger partial charge is 0.433 e. The molecular weight excluding hydrogens is 277 g/mol. The summed E-state index contributed by atoms with van der Waals surface area (Å²) in [5.41, 5.74) is 3.80. The van der Waals surface area contributed by atoms with Crippen LogP contribution < -0.4 is 10.5 Å². The number of carbonyl (C=O) groups is 1. The predicted molar refractivity (Wildman–Crippen MR) is 62.2 cm³/mol. The van der Waals surface area contributed by atoms with Gasteiger partial charge in [-0.25, -0.2) is 4.98 Å². The van der Waals surface area contributed by atoms with Gasteiger partial charge in [0.25, 0.3) is 5.91 Å². The van der Waals surface area contributed by atoms with E-state index in [4.69, 9.17) is 15.2 Å². The number of carbonyl (C=O) groups excluding carboxylic acids is 1. The maximum absolute atomic E-state index is 12.6. The van der Waals surface area contributed by atoms with Crippen molar-refractivity contribution >= 4 is 5.91 Å². The summed E-state index contributed by atoms with van der Waals surface area (Å²) in [6.45, 7) is 1.20. The van der Waals surface area contributed by atoms with Crippen molar-refractivity contribution in [2.24, 2.45) is 11.7 Å². The molecule has 1 atom stereocenters. The first-order valence-electron chi connectivity index (χ1n) is 5.96. The second-order valence-corrected chi connectivity index (χ2v) is 4.45. The van der Waals surface area contributed by atoms with E-state index in [0.29, 0.717) is 19.3 Å². The Kier molecular flexibility index (Phi) is 4.12. The van der Waals surface area contributed by atoms with Gasteiger partial charge in [-0.1, -0.05) is 0 Å². The third-order valence-electron chi connectivity index (χ3n) is 2.90. The van der Waals surface area contributed by atoms with Crippen molar-refractivity contribution in [1.29, 1.82) is 0 Å². The highest BCUT2D eigenvalue weighted by Gasteiger charge is 2.34. The number of aromatic nitrogens is 1. The van der Waals surface area contributed by atoms with Crippen molar-refractivity contribution in [1.82, 2.24) is 4.98 Å². The summed E-state index contributed by atoms with van der Waals surface area (Å²) in [4.78, 5) is 14.5. The highest BCUT2D eigenvalue weighted by molar-refractivity contribution is 5.95. The SMILES string of the molecule is NC(=O)c1ccc(C(F)(F)F)nc1OCC1CCOC1. The summed E-state index contributed by atoms with van der Waals surface area (Å²) >= 11 is 0. The van der Waals surface area contributed by atoms with Gasteiger partial charge in [-0.3, -0.25) is 4.79 Å². The van der Waals surface area contributed by atoms with E-state index in [-0.39, 0.29) is 24.0 Å². The molecule has 20 heavy (non-hydrogen) atoms. The summed E-state index contributed by atoms with van der Waals surface area (Å²) in [6.07, 6.45) is -3.85. The van der Waals surface area contributed by atoms with Gasteiger partial charge >= 0.3 is 6.18 Å². The van der Waals surface area contributed by atoms with Crippen LogP contribution in [-0.2, 0) is 10.9 Å². The Bertz CT molecular complexity index is 499. The van der Waals surface area contributed by atoms with Crippen LogP contribution in [0, 0.1) is 5.92 Å². The third kappa shape index (κ3) is 3.38. The number of nitrogens with two attached hydrogens (primary N) is 1. The molecule has 0 radical (unpaired) electrons. The number of alkyl halides is 3. The lowest BCUT2D eigenvalue weighted by Crippen LogP contribution is -2.19. The second-order valence-electron chi connectivity index (χ2n) is 4.45. The first-order valence-corrected chi connectivity index (χ1v) is 5.96. The van der Waals surface area contributed by atoms with E-state index in [1.807, 2.05) is 0 Å². The quantitative estimate of drug-likeness (QED) is 0.914. The molecule has 1 fully saturated rings. The first kappa shape index (κ1) is 14.6. The van der Waals surface area contributed by atoms with Crippen LogP contribution in [0.5, 0.6) is 5.88 Å². The molecule has 1 unspecified atom stereocenters. The number of hydrogen-bond donors (Lipinski definition) is 1. The van der Waals surface area contributed by atoms with Gasteiger partial charge in [-0.15, -0.1) is 0 Å². The molecule has 1 aliphatic rings. The number of ether oxygens (including phenoxy) is 2. The monoisotopic (exact) mass is 290 g/mol. The molecule has 0 aliphatic carbocycles. The van der Waals surface area contributed by atoms with Crippen LogP contribution in [0.25, 0.3) is 0 Å². The third-order valence-corrected chi connectivity index (χ3v) is 2.90. The number of pyridine rings is 1. The van der Waals surface area contributed by atoms with E-state index in [1.165, 1.54) is 0 Å². The van der Waals surface area contributed by atoms with Gasteiger partial charge in [0.2, 0.25) is 5.88 Å². The Labute approximate surface area is 112 Å². The molecule has 0 saturated carbocycles. The number of nitrogens with zero attached hydrogens (tertiary/aromatic N) is 1. The number of hydrogen-bond acceptors (Lipinski definition) is 4. The number of amides is 1.